The Bertz CT molecular complexity index is 2710. The zero-order valence-electron chi connectivity index (χ0n) is 27.1. The monoisotopic (exact) mass is 823 g/mol. The molecule has 28 heteroatoms. The highest BCUT2D eigenvalue weighted by Crippen LogP contribution is 2.40. The Labute approximate surface area is 309 Å². The number of carbonyl (C=O) groups is 1. The standard InChI is InChI=1S/C27H19ClFN11O13S2/c1-10-16(33-27-31-11(2)30-26(28)34-27)6-13(54(48,49)50)7-18(10)38-24(41)22(23(37-38)25(42)43)36-35-15-4-3-12(5-21(15)55(51,52)53)32-17-8-14(29)19(39(44)45)9-20(17)40(46)47/h3-9,32,41H,1-2H3,(H,42,43)(H,48,49,50)(H,51,52,53)(H,30,31,33,34). The molecule has 3 aromatic carbocycles. The minimum absolute atomic E-state index is 0.0460. The number of hydrogen-bond donors (Lipinski definition) is 6. The summed E-state index contributed by atoms with van der Waals surface area (Å²) in [5.41, 5.74) is -6.33. The maximum absolute atomic E-state index is 14.3. The maximum atomic E-state index is 14.3. The maximum Gasteiger partial charge on any atom is 0.358 e. The lowest BCUT2D eigenvalue weighted by molar-refractivity contribution is -0.395. The number of benzene rings is 3. The summed E-state index contributed by atoms with van der Waals surface area (Å²) in [4.78, 5) is 42.3. The van der Waals surface area contributed by atoms with Crippen LogP contribution in [-0.2, 0) is 20.2 Å². The Balaban J connectivity index is 1.60. The van der Waals surface area contributed by atoms with E-state index in [0.29, 0.717) is 22.9 Å². The van der Waals surface area contributed by atoms with E-state index in [-0.39, 0.29) is 39.7 Å². The first kappa shape index (κ1) is 39.4. The number of aromatic carboxylic acids is 1. The van der Waals surface area contributed by atoms with Gasteiger partial charge in [-0.3, -0.25) is 29.3 Å². The Hall–Kier alpha value is -6.81. The van der Waals surface area contributed by atoms with E-state index in [1.807, 2.05) is 0 Å². The molecule has 0 amide bonds. The van der Waals surface area contributed by atoms with Gasteiger partial charge < -0.3 is 20.8 Å². The number of hydrogen-bond acceptors (Lipinski definition) is 18. The van der Waals surface area contributed by atoms with Crippen molar-refractivity contribution in [2.24, 2.45) is 10.2 Å². The number of nitro groups is 2. The third-order valence-electron chi connectivity index (χ3n) is 7.12. The molecular formula is C27H19ClFN11O13S2. The predicted octanol–water partition coefficient (Wildman–Crippen LogP) is 5.08. The van der Waals surface area contributed by atoms with Crippen LogP contribution >= 0.6 is 11.6 Å². The number of aromatic hydroxyl groups is 1. The van der Waals surface area contributed by atoms with Crippen molar-refractivity contribution in [3.8, 4) is 11.6 Å². The van der Waals surface area contributed by atoms with Crippen LogP contribution in [0.3, 0.4) is 0 Å². The first-order valence-electron chi connectivity index (χ1n) is 14.3. The molecule has 0 atom stereocenters. The number of aryl methyl sites for hydroxylation is 1. The van der Waals surface area contributed by atoms with Gasteiger partial charge in [0.05, 0.1) is 26.5 Å². The first-order chi connectivity index (χ1) is 25.5. The number of anilines is 4. The van der Waals surface area contributed by atoms with Crippen LogP contribution in [0.2, 0.25) is 5.28 Å². The van der Waals surface area contributed by atoms with Gasteiger partial charge in [-0.15, -0.1) is 10.2 Å². The van der Waals surface area contributed by atoms with Crippen molar-refractivity contribution in [3.05, 3.63) is 90.9 Å². The average molecular weight is 824 g/mol. The van der Waals surface area contributed by atoms with Gasteiger partial charge in [0, 0.05) is 17.4 Å². The molecule has 2 heterocycles. The van der Waals surface area contributed by atoms with Gasteiger partial charge in [-0.1, -0.05) is 0 Å². The fraction of sp³-hybridized carbons (Fsp3) is 0.0741. The highest BCUT2D eigenvalue weighted by atomic mass is 35.5. The van der Waals surface area contributed by atoms with E-state index in [4.69, 9.17) is 11.6 Å². The Kier molecular flexibility index (Phi) is 10.4. The molecule has 0 unspecified atom stereocenters. The number of carboxylic acids is 1. The third-order valence-corrected chi connectivity index (χ3v) is 9.00. The first-order valence-corrected chi connectivity index (χ1v) is 17.6. The molecule has 24 nitrogen and oxygen atoms in total. The van der Waals surface area contributed by atoms with Crippen LogP contribution in [0.1, 0.15) is 21.9 Å². The molecule has 2 aromatic heterocycles. The van der Waals surface area contributed by atoms with Crippen LogP contribution in [-0.4, -0.2) is 76.7 Å². The minimum Gasteiger partial charge on any atom is -0.492 e. The molecule has 5 rings (SSSR count). The van der Waals surface area contributed by atoms with Crippen LogP contribution in [0, 0.1) is 39.9 Å². The van der Waals surface area contributed by atoms with Crippen molar-refractivity contribution in [1.29, 1.82) is 0 Å². The Morgan fingerprint density at radius 2 is 1.58 bits per heavy atom. The molecule has 286 valence electrons. The van der Waals surface area contributed by atoms with Gasteiger partial charge in [0.15, 0.2) is 5.69 Å². The molecular weight excluding hydrogens is 805 g/mol. The van der Waals surface area contributed by atoms with Crippen LogP contribution < -0.4 is 10.6 Å². The lowest BCUT2D eigenvalue weighted by Crippen LogP contribution is -2.09. The highest BCUT2D eigenvalue weighted by Gasteiger charge is 2.28. The van der Waals surface area contributed by atoms with Crippen molar-refractivity contribution >= 4 is 83.6 Å². The van der Waals surface area contributed by atoms with Crippen molar-refractivity contribution in [3.63, 3.8) is 0 Å². The SMILES string of the molecule is Cc1nc(Cl)nc(Nc2cc(S(=O)(=O)O)cc(-n3nc(C(=O)O)c(N=Nc4ccc(Nc5cc(F)c([N+](=O)[O-])cc5[N+](=O)[O-])cc4S(=O)(=O)O)c3O)c2C)n1. The highest BCUT2D eigenvalue weighted by molar-refractivity contribution is 7.86. The second-order valence-electron chi connectivity index (χ2n) is 10.7. The van der Waals surface area contributed by atoms with Gasteiger partial charge in [0.2, 0.25) is 28.6 Å². The van der Waals surface area contributed by atoms with Gasteiger partial charge in [-0.2, -0.15) is 41.0 Å². The van der Waals surface area contributed by atoms with E-state index in [2.05, 4.69) is 40.9 Å². The average Bonchev–Trinajstić information content (AvgIpc) is 3.39. The zero-order valence-corrected chi connectivity index (χ0v) is 29.5. The molecule has 0 radical (unpaired) electrons. The van der Waals surface area contributed by atoms with Crippen LogP contribution in [0.25, 0.3) is 5.69 Å². The number of nitro benzene ring substituents is 2. The van der Waals surface area contributed by atoms with Gasteiger partial charge >= 0.3 is 11.7 Å². The molecule has 0 aliphatic heterocycles. The molecule has 0 saturated heterocycles. The summed E-state index contributed by atoms with van der Waals surface area (Å²) in [5.74, 6) is -4.45. The number of halogens is 2. The number of aromatic nitrogens is 5. The van der Waals surface area contributed by atoms with E-state index in [9.17, 15) is 65.6 Å². The van der Waals surface area contributed by atoms with Crippen molar-refractivity contribution in [1.82, 2.24) is 24.7 Å². The lowest BCUT2D eigenvalue weighted by atomic mass is 10.1. The summed E-state index contributed by atoms with van der Waals surface area (Å²) in [6, 6.07) is 4.97. The van der Waals surface area contributed by atoms with Gasteiger partial charge in [0.25, 0.3) is 25.9 Å². The summed E-state index contributed by atoms with van der Waals surface area (Å²) in [7, 11) is -10.2. The van der Waals surface area contributed by atoms with Gasteiger partial charge in [0.1, 0.15) is 22.1 Å². The van der Waals surface area contributed by atoms with E-state index < -0.39 is 91.7 Å². The molecule has 5 aromatic rings. The summed E-state index contributed by atoms with van der Waals surface area (Å²) >= 11 is 5.88. The summed E-state index contributed by atoms with van der Waals surface area (Å²) in [6.45, 7) is 2.83. The second kappa shape index (κ2) is 14.5. The smallest absolute Gasteiger partial charge is 0.358 e. The second-order valence-corrected chi connectivity index (χ2v) is 13.9. The Morgan fingerprint density at radius 1 is 0.909 bits per heavy atom. The predicted molar refractivity (Wildman–Crippen MR) is 183 cm³/mol. The largest absolute Gasteiger partial charge is 0.492 e. The fourth-order valence-corrected chi connectivity index (χ4v) is 6.06. The topological polar surface area (TPSA) is 358 Å². The summed E-state index contributed by atoms with van der Waals surface area (Å²) < 4.78 is 83.7. The molecule has 0 aliphatic carbocycles. The summed E-state index contributed by atoms with van der Waals surface area (Å²) in [5, 5.41) is 59.3. The van der Waals surface area contributed by atoms with Gasteiger partial charge in [-0.25, -0.2) is 9.78 Å². The molecule has 0 bridgehead atoms. The molecule has 0 fully saturated rings. The van der Waals surface area contributed by atoms with Crippen LogP contribution in [0.5, 0.6) is 5.88 Å². The lowest BCUT2D eigenvalue weighted by Gasteiger charge is -2.15. The van der Waals surface area contributed by atoms with E-state index in [1.165, 1.54) is 13.8 Å². The van der Waals surface area contributed by atoms with E-state index in [0.717, 1.165) is 24.3 Å². The Morgan fingerprint density at radius 3 is 2.16 bits per heavy atom. The molecule has 0 aliphatic rings. The number of azo groups is 1. The van der Waals surface area contributed by atoms with Crippen LogP contribution in [0.15, 0.2) is 62.5 Å². The van der Waals surface area contributed by atoms with Crippen molar-refractivity contribution in [2.75, 3.05) is 10.6 Å². The van der Waals surface area contributed by atoms with Crippen molar-refractivity contribution < 1.29 is 55.2 Å². The van der Waals surface area contributed by atoms with Crippen molar-refractivity contribution in [2.45, 2.75) is 23.6 Å². The number of nitrogens with zero attached hydrogens (tertiary/aromatic N) is 9. The molecule has 0 saturated carbocycles. The number of carboxylic acid groups (broad SMARTS) is 1. The summed E-state index contributed by atoms with van der Waals surface area (Å²) in [6.07, 6.45) is 0. The minimum atomic E-state index is -5.24. The van der Waals surface area contributed by atoms with E-state index in [1.54, 1.807) is 0 Å². The van der Waals surface area contributed by atoms with E-state index >= 15 is 0 Å². The van der Waals surface area contributed by atoms with Gasteiger partial charge in [-0.05, 0) is 61.3 Å². The molecule has 0 spiro atoms. The third kappa shape index (κ3) is 8.39. The number of rotatable bonds is 12. The zero-order chi connectivity index (χ0) is 40.7. The number of nitrogens with one attached hydrogen (secondary N) is 2. The quantitative estimate of drug-likeness (QED) is 0.0413. The molecule has 6 N–H and O–H groups in total. The normalized spacial score (nSPS) is 11.8. The van der Waals surface area contributed by atoms with Crippen LogP contribution in [0.4, 0.5) is 50.2 Å². The molecule has 55 heavy (non-hydrogen) atoms. The fourth-order valence-electron chi connectivity index (χ4n) is 4.68.